The summed E-state index contributed by atoms with van der Waals surface area (Å²) in [4.78, 5) is 4.94. The molecule has 0 amide bonds. The molecule has 0 saturated carbocycles. The van der Waals surface area contributed by atoms with E-state index in [1.807, 2.05) is 24.3 Å². The third-order valence-electron chi connectivity index (χ3n) is 4.41. The highest BCUT2D eigenvalue weighted by Crippen LogP contribution is 2.22. The summed E-state index contributed by atoms with van der Waals surface area (Å²) in [7, 11) is 0. The van der Waals surface area contributed by atoms with Gasteiger partial charge in [-0.2, -0.15) is 0 Å². The van der Waals surface area contributed by atoms with Gasteiger partial charge >= 0.3 is 0 Å². The van der Waals surface area contributed by atoms with Crippen molar-refractivity contribution in [3.8, 4) is 0 Å². The summed E-state index contributed by atoms with van der Waals surface area (Å²) in [5, 5.41) is 2.15. The molecule has 2 nitrogen and oxygen atoms in total. The van der Waals surface area contributed by atoms with Crippen molar-refractivity contribution in [1.82, 2.24) is 9.80 Å². The lowest BCUT2D eigenvalue weighted by Gasteiger charge is -2.34. The lowest BCUT2D eigenvalue weighted by Crippen LogP contribution is -2.45. The van der Waals surface area contributed by atoms with Gasteiger partial charge in [-0.05, 0) is 35.4 Å². The van der Waals surface area contributed by atoms with Gasteiger partial charge in [-0.25, -0.2) is 0 Å². The molecule has 0 aliphatic carbocycles. The molecule has 0 atom stereocenters. The summed E-state index contributed by atoms with van der Waals surface area (Å²) in [6, 6.07) is 13.7. The highest BCUT2D eigenvalue weighted by molar-refractivity contribution is 6.35. The molecular weight excluding hydrogens is 445 g/mol. The first-order valence-corrected chi connectivity index (χ1v) is 9.54. The molecule has 2 aromatic rings. The van der Waals surface area contributed by atoms with Gasteiger partial charge in [0.1, 0.15) is 0 Å². The molecule has 3 rings (SSSR count). The standard InChI is InChI=1S/C20H21Cl3N2.2ClH/c21-18-6-3-16(4-7-18)15-25-12-10-24(11-13-25)9-1-2-17-5-8-19(22)14-20(17)23;;/h1-8,14H,9-13,15H2;2*1H. The van der Waals surface area contributed by atoms with Crippen LogP contribution in [0.2, 0.25) is 15.1 Å². The summed E-state index contributed by atoms with van der Waals surface area (Å²) >= 11 is 18.1. The Balaban J connectivity index is 0.00000182. The molecular formula is C20H23Cl5N2. The molecule has 1 aliphatic rings. The van der Waals surface area contributed by atoms with Crippen LogP contribution in [0.4, 0.5) is 0 Å². The van der Waals surface area contributed by atoms with Gasteiger partial charge in [0.15, 0.2) is 0 Å². The molecule has 0 spiro atoms. The van der Waals surface area contributed by atoms with E-state index in [9.17, 15) is 0 Å². The molecule has 148 valence electrons. The van der Waals surface area contributed by atoms with Crippen LogP contribution < -0.4 is 0 Å². The van der Waals surface area contributed by atoms with Crippen LogP contribution in [-0.2, 0) is 6.54 Å². The Morgan fingerprint density at radius 3 is 2.00 bits per heavy atom. The molecule has 2 aromatic carbocycles. The van der Waals surface area contributed by atoms with Crippen LogP contribution in [0.1, 0.15) is 11.1 Å². The normalized spacial score (nSPS) is 15.4. The van der Waals surface area contributed by atoms with Crippen molar-refractivity contribution in [1.29, 1.82) is 0 Å². The van der Waals surface area contributed by atoms with E-state index < -0.39 is 0 Å². The first-order chi connectivity index (χ1) is 12.1. The molecule has 7 heteroatoms. The van der Waals surface area contributed by atoms with Crippen LogP contribution in [0.3, 0.4) is 0 Å². The van der Waals surface area contributed by atoms with E-state index in [1.54, 1.807) is 6.07 Å². The Kier molecular flexibility index (Phi) is 11.1. The fourth-order valence-electron chi connectivity index (χ4n) is 2.94. The Morgan fingerprint density at radius 2 is 1.37 bits per heavy atom. The van der Waals surface area contributed by atoms with Crippen molar-refractivity contribution in [2.24, 2.45) is 0 Å². The molecule has 0 bridgehead atoms. The van der Waals surface area contributed by atoms with Crippen LogP contribution in [0.25, 0.3) is 6.08 Å². The quantitative estimate of drug-likeness (QED) is 0.507. The second-order valence-electron chi connectivity index (χ2n) is 6.27. The largest absolute Gasteiger partial charge is 0.297 e. The van der Waals surface area contributed by atoms with Gasteiger partial charge < -0.3 is 0 Å². The maximum Gasteiger partial charge on any atom is 0.0493 e. The van der Waals surface area contributed by atoms with Gasteiger partial charge in [0.2, 0.25) is 0 Å². The third kappa shape index (κ3) is 7.83. The van der Waals surface area contributed by atoms with Crippen LogP contribution >= 0.6 is 59.6 Å². The predicted molar refractivity (Wildman–Crippen MR) is 123 cm³/mol. The minimum absolute atomic E-state index is 0. The first kappa shape index (κ1) is 24.6. The second-order valence-corrected chi connectivity index (χ2v) is 7.55. The molecule has 0 aromatic heterocycles. The van der Waals surface area contributed by atoms with Gasteiger partial charge in [0, 0.05) is 54.3 Å². The second kappa shape index (κ2) is 12.2. The number of nitrogens with zero attached hydrogens (tertiary/aromatic N) is 2. The predicted octanol–water partition coefficient (Wildman–Crippen LogP) is 6.32. The van der Waals surface area contributed by atoms with Gasteiger partial charge in [-0.3, -0.25) is 9.80 Å². The molecule has 27 heavy (non-hydrogen) atoms. The highest BCUT2D eigenvalue weighted by atomic mass is 35.5. The summed E-state index contributed by atoms with van der Waals surface area (Å²) in [5.41, 5.74) is 2.32. The molecule has 1 aliphatic heterocycles. The fraction of sp³-hybridized carbons (Fsp3) is 0.300. The van der Waals surface area contributed by atoms with Crippen molar-refractivity contribution in [3.05, 3.63) is 74.7 Å². The molecule has 0 unspecified atom stereocenters. The lowest BCUT2D eigenvalue weighted by molar-refractivity contribution is 0.137. The molecule has 0 N–H and O–H groups in total. The van der Waals surface area contributed by atoms with Crippen LogP contribution in [0, 0.1) is 0 Å². The smallest absolute Gasteiger partial charge is 0.0493 e. The molecule has 1 heterocycles. The molecule has 1 fully saturated rings. The number of halogens is 5. The number of hydrogen-bond donors (Lipinski definition) is 0. The van der Waals surface area contributed by atoms with E-state index in [1.165, 1.54) is 5.56 Å². The zero-order valence-corrected chi connectivity index (χ0v) is 18.7. The molecule has 0 radical (unpaired) electrons. The molecule has 1 saturated heterocycles. The van der Waals surface area contributed by atoms with Crippen LogP contribution in [-0.4, -0.2) is 42.5 Å². The van der Waals surface area contributed by atoms with Gasteiger partial charge in [-0.1, -0.05) is 65.2 Å². The SMILES string of the molecule is Cl.Cl.Clc1ccc(CN2CCN(CC=Cc3ccc(Cl)cc3Cl)CC2)cc1. The topological polar surface area (TPSA) is 6.48 Å². The Labute approximate surface area is 188 Å². The van der Waals surface area contributed by atoms with Crippen LogP contribution in [0.15, 0.2) is 48.5 Å². The van der Waals surface area contributed by atoms with Crippen LogP contribution in [0.5, 0.6) is 0 Å². The zero-order chi connectivity index (χ0) is 17.6. The van der Waals surface area contributed by atoms with E-state index in [-0.39, 0.29) is 24.8 Å². The van der Waals surface area contributed by atoms with E-state index in [0.717, 1.165) is 49.9 Å². The van der Waals surface area contributed by atoms with E-state index >= 15 is 0 Å². The van der Waals surface area contributed by atoms with E-state index in [2.05, 4.69) is 34.1 Å². The summed E-state index contributed by atoms with van der Waals surface area (Å²) in [5.74, 6) is 0. The number of rotatable bonds is 5. The Hall–Kier alpha value is -0.450. The van der Waals surface area contributed by atoms with Gasteiger partial charge in [0.05, 0.1) is 0 Å². The Morgan fingerprint density at radius 1 is 0.778 bits per heavy atom. The van der Waals surface area contributed by atoms with Gasteiger partial charge in [0.25, 0.3) is 0 Å². The number of benzene rings is 2. The highest BCUT2D eigenvalue weighted by Gasteiger charge is 2.15. The average Bonchev–Trinajstić information content (AvgIpc) is 2.60. The minimum Gasteiger partial charge on any atom is -0.297 e. The summed E-state index contributed by atoms with van der Waals surface area (Å²) < 4.78 is 0. The maximum absolute atomic E-state index is 6.19. The van der Waals surface area contributed by atoms with Crippen molar-refractivity contribution in [3.63, 3.8) is 0 Å². The number of hydrogen-bond acceptors (Lipinski definition) is 2. The number of piperazine rings is 1. The Bertz CT molecular complexity index is 726. The lowest BCUT2D eigenvalue weighted by atomic mass is 10.2. The van der Waals surface area contributed by atoms with E-state index in [4.69, 9.17) is 34.8 Å². The maximum atomic E-state index is 6.19. The average molecular weight is 469 g/mol. The van der Waals surface area contributed by atoms with E-state index in [0.29, 0.717) is 10.0 Å². The van der Waals surface area contributed by atoms with Crippen molar-refractivity contribution >= 4 is 65.7 Å². The zero-order valence-electron chi connectivity index (χ0n) is 14.8. The third-order valence-corrected chi connectivity index (χ3v) is 5.22. The van der Waals surface area contributed by atoms with Crippen molar-refractivity contribution in [2.75, 3.05) is 32.7 Å². The van der Waals surface area contributed by atoms with Crippen molar-refractivity contribution in [2.45, 2.75) is 6.54 Å². The first-order valence-electron chi connectivity index (χ1n) is 8.41. The summed E-state index contributed by atoms with van der Waals surface area (Å²) in [6.45, 7) is 6.24. The minimum atomic E-state index is 0. The summed E-state index contributed by atoms with van der Waals surface area (Å²) in [6.07, 6.45) is 4.24. The van der Waals surface area contributed by atoms with Gasteiger partial charge in [-0.15, -0.1) is 24.8 Å². The van der Waals surface area contributed by atoms with Crippen molar-refractivity contribution < 1.29 is 0 Å². The monoisotopic (exact) mass is 466 g/mol. The fourth-order valence-corrected chi connectivity index (χ4v) is 3.54.